The zero-order valence-corrected chi connectivity index (χ0v) is 10.5. The van der Waals surface area contributed by atoms with Crippen LogP contribution in [0.2, 0.25) is 0 Å². The van der Waals surface area contributed by atoms with Gasteiger partial charge in [0.05, 0.1) is 17.0 Å². The zero-order valence-electron chi connectivity index (χ0n) is 8.36. The van der Waals surface area contributed by atoms with Gasteiger partial charge in [0.2, 0.25) is 3.83 Å². The summed E-state index contributed by atoms with van der Waals surface area (Å²) in [5.41, 5.74) is 2.59. The van der Waals surface area contributed by atoms with Gasteiger partial charge >= 0.3 is 0 Å². The van der Waals surface area contributed by atoms with Gasteiger partial charge in [0, 0.05) is 22.6 Å². The van der Waals surface area contributed by atoms with Crippen LogP contribution in [0.4, 0.5) is 0 Å². The molecular weight excluding hydrogens is 307 g/mol. The van der Waals surface area contributed by atoms with Crippen molar-refractivity contribution in [3.05, 3.63) is 21.3 Å². The van der Waals surface area contributed by atoms with Crippen LogP contribution < -0.4 is 0 Å². The standard InChI is InChI=1S/C9H9IN4O/c1-3-7-6(4-5(2)12-13-7)8-11-9(10)14-15-8/h4H,3H2,1-2H3. The smallest absolute Gasteiger partial charge is 0.260 e. The van der Waals surface area contributed by atoms with E-state index in [1.165, 1.54) is 0 Å². The van der Waals surface area contributed by atoms with E-state index < -0.39 is 0 Å². The predicted molar refractivity (Wildman–Crippen MR) is 62.2 cm³/mol. The molecule has 0 aliphatic rings. The first-order valence-corrected chi connectivity index (χ1v) is 5.61. The molecule has 0 spiro atoms. The first-order chi connectivity index (χ1) is 7.20. The van der Waals surface area contributed by atoms with Crippen LogP contribution in [-0.4, -0.2) is 20.3 Å². The number of nitrogens with zero attached hydrogens (tertiary/aromatic N) is 4. The molecule has 0 aliphatic heterocycles. The number of halogens is 1. The highest BCUT2D eigenvalue weighted by Crippen LogP contribution is 2.21. The van der Waals surface area contributed by atoms with E-state index in [0.29, 0.717) is 9.72 Å². The second kappa shape index (κ2) is 4.21. The monoisotopic (exact) mass is 316 g/mol. The van der Waals surface area contributed by atoms with Crippen LogP contribution in [0, 0.1) is 10.8 Å². The summed E-state index contributed by atoms with van der Waals surface area (Å²) in [6, 6.07) is 1.91. The SMILES string of the molecule is CCc1nnc(C)cc1-c1nc(I)no1. The summed E-state index contributed by atoms with van der Waals surface area (Å²) in [7, 11) is 0. The van der Waals surface area contributed by atoms with Gasteiger partial charge in [-0.15, -0.1) is 0 Å². The second-order valence-corrected chi connectivity index (χ2v) is 4.03. The summed E-state index contributed by atoms with van der Waals surface area (Å²) in [6.07, 6.45) is 0.793. The van der Waals surface area contributed by atoms with E-state index >= 15 is 0 Å². The number of aryl methyl sites for hydroxylation is 2. The second-order valence-electron chi connectivity index (χ2n) is 3.07. The average molecular weight is 316 g/mol. The van der Waals surface area contributed by atoms with E-state index in [4.69, 9.17) is 4.52 Å². The molecule has 2 rings (SSSR count). The van der Waals surface area contributed by atoms with Crippen molar-refractivity contribution in [3.8, 4) is 11.5 Å². The quantitative estimate of drug-likeness (QED) is 0.793. The molecule has 2 aromatic heterocycles. The van der Waals surface area contributed by atoms with Crippen LogP contribution in [0.15, 0.2) is 10.6 Å². The highest BCUT2D eigenvalue weighted by Gasteiger charge is 2.13. The Hall–Kier alpha value is -1.05. The average Bonchev–Trinajstić information content (AvgIpc) is 2.65. The number of rotatable bonds is 2. The van der Waals surface area contributed by atoms with Gasteiger partial charge in [-0.25, -0.2) is 0 Å². The molecule has 6 heteroatoms. The molecule has 5 nitrogen and oxygen atoms in total. The normalized spacial score (nSPS) is 10.6. The molecule has 15 heavy (non-hydrogen) atoms. The largest absolute Gasteiger partial charge is 0.333 e. The van der Waals surface area contributed by atoms with E-state index in [1.807, 2.05) is 42.5 Å². The Morgan fingerprint density at radius 2 is 2.20 bits per heavy atom. The molecule has 78 valence electrons. The van der Waals surface area contributed by atoms with Gasteiger partial charge in [0.25, 0.3) is 5.89 Å². The lowest BCUT2D eigenvalue weighted by molar-refractivity contribution is 0.425. The van der Waals surface area contributed by atoms with Gasteiger partial charge in [-0.05, 0) is 19.4 Å². The Morgan fingerprint density at radius 1 is 1.40 bits per heavy atom. The molecule has 0 unspecified atom stereocenters. The molecule has 0 atom stereocenters. The Morgan fingerprint density at radius 3 is 2.80 bits per heavy atom. The van der Waals surface area contributed by atoms with Crippen LogP contribution in [0.3, 0.4) is 0 Å². The Labute approximate surface area is 100 Å². The third-order valence-electron chi connectivity index (χ3n) is 1.96. The Kier molecular flexibility index (Phi) is 2.94. The van der Waals surface area contributed by atoms with Gasteiger partial charge in [-0.3, -0.25) is 0 Å². The van der Waals surface area contributed by atoms with Crippen LogP contribution in [0.1, 0.15) is 18.3 Å². The molecule has 0 bridgehead atoms. The fourth-order valence-corrected chi connectivity index (χ4v) is 1.59. The third kappa shape index (κ3) is 2.14. The van der Waals surface area contributed by atoms with E-state index in [-0.39, 0.29) is 0 Å². The van der Waals surface area contributed by atoms with Crippen LogP contribution in [0.25, 0.3) is 11.5 Å². The lowest BCUT2D eigenvalue weighted by atomic mass is 10.1. The van der Waals surface area contributed by atoms with Crippen molar-refractivity contribution < 1.29 is 4.52 Å². The zero-order chi connectivity index (χ0) is 10.8. The van der Waals surface area contributed by atoms with Crippen molar-refractivity contribution >= 4 is 22.6 Å². The van der Waals surface area contributed by atoms with Crippen molar-refractivity contribution in [2.45, 2.75) is 20.3 Å². The topological polar surface area (TPSA) is 64.7 Å². The highest BCUT2D eigenvalue weighted by atomic mass is 127. The molecule has 0 N–H and O–H groups in total. The molecule has 0 aliphatic carbocycles. The fraction of sp³-hybridized carbons (Fsp3) is 0.333. The lowest BCUT2D eigenvalue weighted by Gasteiger charge is -2.01. The maximum Gasteiger partial charge on any atom is 0.260 e. The van der Waals surface area contributed by atoms with Crippen LogP contribution in [-0.2, 0) is 6.42 Å². The molecule has 0 saturated carbocycles. The van der Waals surface area contributed by atoms with Gasteiger partial charge in [0.15, 0.2) is 0 Å². The molecule has 0 saturated heterocycles. The van der Waals surface area contributed by atoms with Crippen molar-refractivity contribution in [3.63, 3.8) is 0 Å². The Bertz CT molecular complexity index is 483. The van der Waals surface area contributed by atoms with Gasteiger partial charge in [-0.1, -0.05) is 12.1 Å². The molecule has 2 heterocycles. The summed E-state index contributed by atoms with van der Waals surface area (Å²) in [6.45, 7) is 3.90. The third-order valence-corrected chi connectivity index (χ3v) is 2.40. The molecular formula is C9H9IN4O. The summed E-state index contributed by atoms with van der Waals surface area (Å²) in [5, 5.41) is 11.9. The Balaban J connectivity index is 2.55. The van der Waals surface area contributed by atoms with Gasteiger partial charge in [0.1, 0.15) is 0 Å². The summed E-state index contributed by atoms with van der Waals surface area (Å²) < 4.78 is 5.71. The van der Waals surface area contributed by atoms with Gasteiger partial charge < -0.3 is 4.52 Å². The maximum atomic E-state index is 5.11. The molecule has 0 amide bonds. The summed E-state index contributed by atoms with van der Waals surface area (Å²) in [5.74, 6) is 0.509. The maximum absolute atomic E-state index is 5.11. The fourth-order valence-electron chi connectivity index (χ4n) is 1.28. The van der Waals surface area contributed by atoms with Crippen LogP contribution >= 0.6 is 22.6 Å². The van der Waals surface area contributed by atoms with Crippen LogP contribution in [0.5, 0.6) is 0 Å². The molecule has 2 aromatic rings. The van der Waals surface area contributed by atoms with Crippen molar-refractivity contribution in [1.29, 1.82) is 0 Å². The van der Waals surface area contributed by atoms with E-state index in [2.05, 4.69) is 20.3 Å². The molecule has 0 fully saturated rings. The minimum absolute atomic E-state index is 0.509. The first kappa shape index (κ1) is 10.5. The van der Waals surface area contributed by atoms with Crippen molar-refractivity contribution in [2.24, 2.45) is 0 Å². The predicted octanol–water partition coefficient (Wildman–Crippen LogP) is 2.00. The van der Waals surface area contributed by atoms with E-state index in [1.54, 1.807) is 0 Å². The van der Waals surface area contributed by atoms with Crippen molar-refractivity contribution in [2.75, 3.05) is 0 Å². The minimum atomic E-state index is 0.509. The van der Waals surface area contributed by atoms with Crippen molar-refractivity contribution in [1.82, 2.24) is 20.3 Å². The number of hydrogen-bond donors (Lipinski definition) is 0. The minimum Gasteiger partial charge on any atom is -0.333 e. The van der Waals surface area contributed by atoms with E-state index in [9.17, 15) is 0 Å². The molecule has 0 radical (unpaired) electrons. The summed E-state index contributed by atoms with van der Waals surface area (Å²) in [4.78, 5) is 4.17. The number of aromatic nitrogens is 4. The first-order valence-electron chi connectivity index (χ1n) is 4.53. The number of hydrogen-bond acceptors (Lipinski definition) is 5. The van der Waals surface area contributed by atoms with E-state index in [0.717, 1.165) is 23.4 Å². The summed E-state index contributed by atoms with van der Waals surface area (Å²) >= 11 is 2.01. The van der Waals surface area contributed by atoms with Gasteiger partial charge in [-0.2, -0.15) is 15.2 Å². The highest BCUT2D eigenvalue weighted by molar-refractivity contribution is 14.1. The lowest BCUT2D eigenvalue weighted by Crippen LogP contribution is -1.97. The molecule has 0 aromatic carbocycles.